The van der Waals surface area contributed by atoms with Gasteiger partial charge in [0.1, 0.15) is 0 Å². The fourth-order valence-corrected chi connectivity index (χ4v) is 3.25. The summed E-state index contributed by atoms with van der Waals surface area (Å²) >= 11 is 0.793. The van der Waals surface area contributed by atoms with E-state index in [1.54, 1.807) is 0 Å². The van der Waals surface area contributed by atoms with Gasteiger partial charge in [-0.3, -0.25) is 0 Å². The maximum absolute atomic E-state index is 12.4. The van der Waals surface area contributed by atoms with Crippen molar-refractivity contribution in [3.8, 4) is 0 Å². The van der Waals surface area contributed by atoms with Gasteiger partial charge in [0.05, 0.1) is 0 Å². The lowest BCUT2D eigenvalue weighted by Gasteiger charge is -2.10. The van der Waals surface area contributed by atoms with Crippen LogP contribution in [0.4, 0.5) is 13.2 Å². The Bertz CT molecular complexity index is 375. The molecule has 1 N–H and O–H groups in total. The van der Waals surface area contributed by atoms with Crippen molar-refractivity contribution in [2.45, 2.75) is 44.3 Å². The van der Waals surface area contributed by atoms with Gasteiger partial charge in [-0.05, 0) is 31.7 Å². The quantitative estimate of drug-likeness (QED) is 0.905. The van der Waals surface area contributed by atoms with Crippen LogP contribution in [0.5, 0.6) is 0 Å². The number of nitrogens with one attached hydrogen (secondary N) is 1. The molecule has 2 rings (SSSR count). The summed E-state index contributed by atoms with van der Waals surface area (Å²) in [5, 5.41) is 2.62. The van der Waals surface area contributed by atoms with Crippen LogP contribution in [0.15, 0.2) is 6.20 Å². The number of alkyl halides is 3. The summed E-state index contributed by atoms with van der Waals surface area (Å²) in [6.07, 6.45) is 0.0112. The van der Waals surface area contributed by atoms with Gasteiger partial charge < -0.3 is 5.32 Å². The highest BCUT2D eigenvalue weighted by molar-refractivity contribution is 7.11. The lowest BCUT2D eigenvalue weighted by Crippen LogP contribution is -2.25. The van der Waals surface area contributed by atoms with E-state index in [-0.39, 0.29) is 5.92 Å². The SMILES string of the molecule is CCNC1CCC(c2cnc(C(F)(F)F)s2)C1. The number of hydrogen-bond donors (Lipinski definition) is 1. The van der Waals surface area contributed by atoms with Crippen molar-refractivity contribution in [2.24, 2.45) is 0 Å². The zero-order valence-corrected chi connectivity index (χ0v) is 10.4. The lowest BCUT2D eigenvalue weighted by atomic mass is 10.1. The summed E-state index contributed by atoms with van der Waals surface area (Å²) in [7, 11) is 0. The minimum atomic E-state index is -4.30. The highest BCUT2D eigenvalue weighted by atomic mass is 32.1. The fourth-order valence-electron chi connectivity index (χ4n) is 2.32. The van der Waals surface area contributed by atoms with Crippen molar-refractivity contribution >= 4 is 11.3 Å². The molecule has 1 heterocycles. The molecule has 0 bridgehead atoms. The van der Waals surface area contributed by atoms with Gasteiger partial charge >= 0.3 is 6.18 Å². The molecule has 1 saturated carbocycles. The van der Waals surface area contributed by atoms with Crippen LogP contribution < -0.4 is 5.32 Å². The number of hydrogen-bond acceptors (Lipinski definition) is 3. The predicted molar refractivity (Wildman–Crippen MR) is 61.2 cm³/mol. The minimum Gasteiger partial charge on any atom is -0.314 e. The number of halogens is 3. The molecule has 0 radical (unpaired) electrons. The van der Waals surface area contributed by atoms with E-state index in [2.05, 4.69) is 10.3 Å². The minimum absolute atomic E-state index is 0.243. The summed E-state index contributed by atoms with van der Waals surface area (Å²) in [6.45, 7) is 2.95. The summed E-state index contributed by atoms with van der Waals surface area (Å²) in [5.74, 6) is 0.243. The van der Waals surface area contributed by atoms with Gasteiger partial charge in [-0.2, -0.15) is 13.2 Å². The van der Waals surface area contributed by atoms with Gasteiger partial charge in [0.15, 0.2) is 5.01 Å². The number of rotatable bonds is 3. The van der Waals surface area contributed by atoms with Crippen LogP contribution in [0.25, 0.3) is 0 Å². The molecule has 0 aliphatic heterocycles. The Hall–Kier alpha value is -0.620. The number of aromatic nitrogens is 1. The largest absolute Gasteiger partial charge is 0.443 e. The van der Waals surface area contributed by atoms with E-state index in [9.17, 15) is 13.2 Å². The van der Waals surface area contributed by atoms with Crippen molar-refractivity contribution < 1.29 is 13.2 Å². The summed E-state index contributed by atoms with van der Waals surface area (Å²) in [6, 6.07) is 0.446. The average Bonchev–Trinajstić information content (AvgIpc) is 2.82. The van der Waals surface area contributed by atoms with Crippen LogP contribution in [0.3, 0.4) is 0 Å². The number of thiazole rings is 1. The smallest absolute Gasteiger partial charge is 0.314 e. The molecule has 6 heteroatoms. The monoisotopic (exact) mass is 264 g/mol. The van der Waals surface area contributed by atoms with Crippen molar-refractivity contribution in [1.82, 2.24) is 10.3 Å². The van der Waals surface area contributed by atoms with Crippen LogP contribution in [-0.4, -0.2) is 17.6 Å². The van der Waals surface area contributed by atoms with Crippen molar-refractivity contribution in [3.05, 3.63) is 16.1 Å². The summed E-state index contributed by atoms with van der Waals surface area (Å²) < 4.78 is 37.3. The van der Waals surface area contributed by atoms with Crippen LogP contribution in [0.2, 0.25) is 0 Å². The zero-order valence-electron chi connectivity index (χ0n) is 9.55. The Morgan fingerprint density at radius 2 is 2.24 bits per heavy atom. The fraction of sp³-hybridized carbons (Fsp3) is 0.727. The molecule has 96 valence electrons. The molecule has 1 fully saturated rings. The first-order valence-corrected chi connectivity index (χ1v) is 6.58. The molecule has 1 aliphatic carbocycles. The second-order valence-electron chi connectivity index (χ2n) is 4.33. The second kappa shape index (κ2) is 4.94. The average molecular weight is 264 g/mol. The van der Waals surface area contributed by atoms with Crippen molar-refractivity contribution in [1.29, 1.82) is 0 Å². The maximum atomic E-state index is 12.4. The Kier molecular flexibility index (Phi) is 3.73. The Morgan fingerprint density at radius 3 is 2.82 bits per heavy atom. The number of nitrogens with zero attached hydrogens (tertiary/aromatic N) is 1. The third kappa shape index (κ3) is 2.98. The first-order valence-electron chi connectivity index (χ1n) is 5.77. The molecule has 0 saturated heterocycles. The summed E-state index contributed by atoms with van der Waals surface area (Å²) in [4.78, 5) is 4.25. The van der Waals surface area contributed by atoms with E-state index in [0.717, 1.165) is 42.0 Å². The van der Waals surface area contributed by atoms with Crippen molar-refractivity contribution in [2.75, 3.05) is 6.54 Å². The second-order valence-corrected chi connectivity index (χ2v) is 5.39. The predicted octanol–water partition coefficient (Wildman–Crippen LogP) is 3.41. The molecule has 0 spiro atoms. The van der Waals surface area contributed by atoms with Crippen LogP contribution in [0.1, 0.15) is 42.0 Å². The first-order chi connectivity index (χ1) is 8.00. The van der Waals surface area contributed by atoms with Crippen LogP contribution in [-0.2, 0) is 6.18 Å². The highest BCUT2D eigenvalue weighted by Gasteiger charge is 2.36. The summed E-state index contributed by atoms with van der Waals surface area (Å²) in [5.41, 5.74) is 0. The molecule has 0 amide bonds. The van der Waals surface area contributed by atoms with E-state index in [4.69, 9.17) is 0 Å². The third-order valence-corrected chi connectivity index (χ3v) is 4.30. The zero-order chi connectivity index (χ0) is 12.5. The molecule has 2 atom stereocenters. The molecule has 2 nitrogen and oxygen atoms in total. The molecule has 1 aromatic rings. The Labute approximate surface area is 102 Å². The molecule has 17 heavy (non-hydrogen) atoms. The Morgan fingerprint density at radius 1 is 1.47 bits per heavy atom. The molecule has 1 aliphatic rings. The molecule has 0 aromatic carbocycles. The highest BCUT2D eigenvalue weighted by Crippen LogP contribution is 2.40. The Balaban J connectivity index is 2.02. The molecule has 2 unspecified atom stereocenters. The maximum Gasteiger partial charge on any atom is 0.443 e. The molecular weight excluding hydrogens is 249 g/mol. The van der Waals surface area contributed by atoms with Crippen molar-refractivity contribution in [3.63, 3.8) is 0 Å². The van der Waals surface area contributed by atoms with E-state index >= 15 is 0 Å². The molecular formula is C11H15F3N2S. The van der Waals surface area contributed by atoms with Gasteiger partial charge in [-0.15, -0.1) is 11.3 Å². The van der Waals surface area contributed by atoms with E-state index < -0.39 is 11.2 Å². The van der Waals surface area contributed by atoms with Gasteiger partial charge in [0, 0.05) is 17.1 Å². The van der Waals surface area contributed by atoms with Gasteiger partial charge in [0.2, 0.25) is 0 Å². The third-order valence-electron chi connectivity index (χ3n) is 3.09. The van der Waals surface area contributed by atoms with Crippen LogP contribution in [0, 0.1) is 0 Å². The first kappa shape index (κ1) is 12.8. The van der Waals surface area contributed by atoms with E-state index in [0.29, 0.717) is 6.04 Å². The standard InChI is InChI=1S/C11H15F3N2S/c1-2-15-8-4-3-7(5-8)9-6-16-10(17-9)11(12,13)14/h6-8,15H,2-5H2,1H3. The normalized spacial score (nSPS) is 25.4. The lowest BCUT2D eigenvalue weighted by molar-refractivity contribution is -0.137. The van der Waals surface area contributed by atoms with E-state index in [1.807, 2.05) is 6.92 Å². The van der Waals surface area contributed by atoms with Gasteiger partial charge in [-0.1, -0.05) is 6.92 Å². The topological polar surface area (TPSA) is 24.9 Å². The van der Waals surface area contributed by atoms with Crippen LogP contribution >= 0.6 is 11.3 Å². The molecule has 1 aromatic heterocycles. The van der Waals surface area contributed by atoms with Gasteiger partial charge in [-0.25, -0.2) is 4.98 Å². The van der Waals surface area contributed by atoms with E-state index in [1.165, 1.54) is 6.20 Å². The van der Waals surface area contributed by atoms with Gasteiger partial charge in [0.25, 0.3) is 0 Å².